The molecule has 6 heteroatoms. The Balaban J connectivity index is 2.16. The van der Waals surface area contributed by atoms with E-state index in [1.54, 1.807) is 31.4 Å². The lowest BCUT2D eigenvalue weighted by Gasteiger charge is -2.50. The van der Waals surface area contributed by atoms with Gasteiger partial charge in [0, 0.05) is 23.0 Å². The van der Waals surface area contributed by atoms with Gasteiger partial charge in [-0.25, -0.2) is 13.1 Å². The van der Waals surface area contributed by atoms with Crippen molar-refractivity contribution in [1.82, 2.24) is 4.72 Å². The second kappa shape index (κ2) is 5.16. The minimum Gasteiger partial charge on any atom is -0.381 e. The zero-order chi connectivity index (χ0) is 14.3. The van der Waals surface area contributed by atoms with Gasteiger partial charge in [-0.15, -0.1) is 0 Å². The first kappa shape index (κ1) is 15.0. The van der Waals surface area contributed by atoms with Crippen LogP contribution in [0, 0.1) is 5.41 Å². The van der Waals surface area contributed by atoms with Crippen molar-refractivity contribution in [3.63, 3.8) is 0 Å². The predicted molar refractivity (Wildman–Crippen MR) is 77.4 cm³/mol. The van der Waals surface area contributed by atoms with Gasteiger partial charge in [0.2, 0.25) is 10.0 Å². The first-order valence-electron chi connectivity index (χ1n) is 6.08. The van der Waals surface area contributed by atoms with Crippen LogP contribution in [0.15, 0.2) is 33.6 Å². The predicted octanol–water partition coefficient (Wildman–Crippen LogP) is 2.54. The number of nitrogens with one attached hydrogen (secondary N) is 1. The molecule has 0 bridgehead atoms. The summed E-state index contributed by atoms with van der Waals surface area (Å²) in [5.74, 6) is 0. The summed E-state index contributed by atoms with van der Waals surface area (Å²) < 4.78 is 33.4. The van der Waals surface area contributed by atoms with Crippen LogP contribution in [0.25, 0.3) is 0 Å². The Morgan fingerprint density at radius 3 is 2.63 bits per heavy atom. The third kappa shape index (κ3) is 2.86. The largest absolute Gasteiger partial charge is 0.381 e. The van der Waals surface area contributed by atoms with E-state index in [-0.39, 0.29) is 22.5 Å². The maximum Gasteiger partial charge on any atom is 0.240 e. The monoisotopic (exact) mass is 347 g/mol. The number of hydrogen-bond acceptors (Lipinski definition) is 3. The fourth-order valence-corrected chi connectivity index (χ4v) is 4.38. The van der Waals surface area contributed by atoms with Crippen molar-refractivity contribution in [3.05, 3.63) is 28.7 Å². The average Bonchev–Trinajstić information content (AvgIpc) is 2.34. The molecule has 0 heterocycles. The first-order chi connectivity index (χ1) is 8.77. The van der Waals surface area contributed by atoms with Crippen LogP contribution >= 0.6 is 15.9 Å². The summed E-state index contributed by atoms with van der Waals surface area (Å²) >= 11 is 3.28. The van der Waals surface area contributed by atoms with E-state index in [2.05, 4.69) is 20.7 Å². The summed E-state index contributed by atoms with van der Waals surface area (Å²) in [6.07, 6.45) is 0.805. The maximum atomic E-state index is 12.3. The van der Waals surface area contributed by atoms with Crippen LogP contribution in [0.4, 0.5) is 0 Å². The lowest BCUT2D eigenvalue weighted by atomic mass is 9.65. The molecule has 1 aromatic carbocycles. The number of halogens is 1. The fraction of sp³-hybridized carbons (Fsp3) is 0.538. The Morgan fingerprint density at radius 1 is 1.42 bits per heavy atom. The van der Waals surface area contributed by atoms with Crippen LogP contribution in [-0.2, 0) is 14.8 Å². The lowest BCUT2D eigenvalue weighted by Crippen LogP contribution is -2.61. The van der Waals surface area contributed by atoms with Crippen molar-refractivity contribution in [2.45, 2.75) is 37.3 Å². The van der Waals surface area contributed by atoms with Gasteiger partial charge < -0.3 is 4.74 Å². The van der Waals surface area contributed by atoms with Gasteiger partial charge in [-0.1, -0.05) is 35.8 Å². The molecule has 2 unspecified atom stereocenters. The van der Waals surface area contributed by atoms with Crippen LogP contribution < -0.4 is 4.72 Å². The van der Waals surface area contributed by atoms with Crippen molar-refractivity contribution >= 4 is 26.0 Å². The van der Waals surface area contributed by atoms with Crippen LogP contribution in [0.5, 0.6) is 0 Å². The van der Waals surface area contributed by atoms with Crippen LogP contribution in [0.1, 0.15) is 20.3 Å². The quantitative estimate of drug-likeness (QED) is 0.910. The standard InChI is InChI=1S/C13H18BrNO3S/c1-13(2)11(8-12(13)18-3)15-19(16,17)10-6-4-5-9(14)7-10/h4-7,11-12,15H,8H2,1-3H3. The molecule has 1 N–H and O–H groups in total. The van der Waals surface area contributed by atoms with Crippen LogP contribution in [0.3, 0.4) is 0 Å². The summed E-state index contributed by atoms with van der Waals surface area (Å²) in [4.78, 5) is 0.276. The molecule has 19 heavy (non-hydrogen) atoms. The van der Waals surface area contributed by atoms with Crippen molar-refractivity contribution in [2.75, 3.05) is 7.11 Å². The molecular weight excluding hydrogens is 330 g/mol. The first-order valence-corrected chi connectivity index (χ1v) is 8.35. The van der Waals surface area contributed by atoms with E-state index in [1.807, 2.05) is 13.8 Å². The Labute approximate surface area is 122 Å². The van der Waals surface area contributed by atoms with E-state index in [0.717, 1.165) is 4.47 Å². The minimum absolute atomic E-state index is 0.0959. The molecule has 106 valence electrons. The zero-order valence-corrected chi connectivity index (χ0v) is 13.6. The number of ether oxygens (including phenoxy) is 1. The van der Waals surface area contributed by atoms with Crippen LogP contribution in [-0.4, -0.2) is 27.7 Å². The van der Waals surface area contributed by atoms with Gasteiger partial charge in [-0.2, -0.15) is 0 Å². The van der Waals surface area contributed by atoms with Gasteiger partial charge in [0.25, 0.3) is 0 Å². The van der Waals surface area contributed by atoms with E-state index in [0.29, 0.717) is 6.42 Å². The molecule has 4 nitrogen and oxygen atoms in total. The van der Waals surface area contributed by atoms with Gasteiger partial charge in [0.15, 0.2) is 0 Å². The normalized spacial score (nSPS) is 25.9. The fourth-order valence-electron chi connectivity index (χ4n) is 2.37. The van der Waals surface area contributed by atoms with Gasteiger partial charge >= 0.3 is 0 Å². The highest BCUT2D eigenvalue weighted by molar-refractivity contribution is 9.10. The third-order valence-electron chi connectivity index (χ3n) is 3.87. The lowest BCUT2D eigenvalue weighted by molar-refractivity contribution is -0.0908. The summed E-state index contributed by atoms with van der Waals surface area (Å²) in [7, 11) is -1.82. The number of hydrogen-bond donors (Lipinski definition) is 1. The van der Waals surface area contributed by atoms with E-state index < -0.39 is 10.0 Å². The van der Waals surface area contributed by atoms with Crippen LogP contribution in [0.2, 0.25) is 0 Å². The minimum atomic E-state index is -3.48. The number of sulfonamides is 1. The van der Waals surface area contributed by atoms with Gasteiger partial charge in [-0.3, -0.25) is 0 Å². The molecule has 1 aliphatic rings. The molecule has 0 radical (unpaired) electrons. The van der Waals surface area contributed by atoms with E-state index >= 15 is 0 Å². The second-order valence-corrected chi connectivity index (χ2v) is 8.04. The molecule has 1 saturated carbocycles. The SMILES string of the molecule is COC1CC(NS(=O)(=O)c2cccc(Br)c2)C1(C)C. The Kier molecular flexibility index (Phi) is 4.07. The van der Waals surface area contributed by atoms with E-state index in [9.17, 15) is 8.42 Å². The summed E-state index contributed by atoms with van der Waals surface area (Å²) in [6, 6.07) is 6.60. The molecule has 0 saturated heterocycles. The van der Waals surface area contributed by atoms with Crippen molar-refractivity contribution in [2.24, 2.45) is 5.41 Å². The molecule has 0 aromatic heterocycles. The van der Waals surface area contributed by atoms with Gasteiger partial charge in [0.1, 0.15) is 0 Å². The zero-order valence-electron chi connectivity index (χ0n) is 11.2. The summed E-state index contributed by atoms with van der Waals surface area (Å²) in [5.41, 5.74) is -0.187. The highest BCUT2D eigenvalue weighted by atomic mass is 79.9. The van der Waals surface area contributed by atoms with Gasteiger partial charge in [-0.05, 0) is 24.6 Å². The Bertz CT molecular complexity index is 571. The molecule has 1 fully saturated rings. The molecule has 0 spiro atoms. The number of benzene rings is 1. The Hall–Kier alpha value is -0.430. The van der Waals surface area contributed by atoms with E-state index in [1.165, 1.54) is 0 Å². The van der Waals surface area contributed by atoms with Crippen molar-refractivity contribution < 1.29 is 13.2 Å². The Morgan fingerprint density at radius 2 is 2.11 bits per heavy atom. The maximum absolute atomic E-state index is 12.3. The van der Waals surface area contributed by atoms with Gasteiger partial charge in [0.05, 0.1) is 11.0 Å². The molecule has 0 amide bonds. The number of rotatable bonds is 4. The molecule has 0 aliphatic heterocycles. The smallest absolute Gasteiger partial charge is 0.240 e. The van der Waals surface area contributed by atoms with Crippen molar-refractivity contribution in [1.29, 1.82) is 0 Å². The number of methoxy groups -OCH3 is 1. The second-order valence-electron chi connectivity index (χ2n) is 5.41. The third-order valence-corrected chi connectivity index (χ3v) is 5.83. The molecule has 1 aromatic rings. The summed E-state index contributed by atoms with van der Waals surface area (Å²) in [5, 5.41) is 0. The topological polar surface area (TPSA) is 55.4 Å². The molecular formula is C13H18BrNO3S. The van der Waals surface area contributed by atoms with E-state index in [4.69, 9.17) is 4.74 Å². The molecule has 1 aliphatic carbocycles. The van der Waals surface area contributed by atoms with Crippen molar-refractivity contribution in [3.8, 4) is 0 Å². The molecule has 2 atom stereocenters. The highest BCUT2D eigenvalue weighted by Crippen LogP contribution is 2.43. The average molecular weight is 348 g/mol. The highest BCUT2D eigenvalue weighted by Gasteiger charge is 2.50. The molecule has 2 rings (SSSR count). The summed E-state index contributed by atoms with van der Waals surface area (Å²) in [6.45, 7) is 4.03.